The van der Waals surface area contributed by atoms with E-state index in [4.69, 9.17) is 4.74 Å². The minimum atomic E-state index is 0.775. The number of hydrogen-bond donors (Lipinski definition) is 1. The zero-order valence-electron chi connectivity index (χ0n) is 10.3. The molecule has 1 N–H and O–H groups in total. The molecule has 0 radical (unpaired) electrons. The van der Waals surface area contributed by atoms with Crippen LogP contribution < -0.4 is 5.32 Å². The van der Waals surface area contributed by atoms with E-state index in [-0.39, 0.29) is 0 Å². The van der Waals surface area contributed by atoms with Gasteiger partial charge in [-0.3, -0.25) is 4.90 Å². The van der Waals surface area contributed by atoms with Crippen molar-refractivity contribution in [3.63, 3.8) is 0 Å². The first kappa shape index (κ1) is 12.9. The van der Waals surface area contributed by atoms with E-state index in [0.717, 1.165) is 25.7 Å². The molecule has 1 rings (SSSR count). The highest BCUT2D eigenvalue weighted by molar-refractivity contribution is 4.71. The molecule has 1 fully saturated rings. The Labute approximate surface area is 94.2 Å². The Balaban J connectivity index is 2.07. The van der Waals surface area contributed by atoms with Gasteiger partial charge in [-0.15, -0.1) is 0 Å². The molecule has 15 heavy (non-hydrogen) atoms. The van der Waals surface area contributed by atoms with Crippen molar-refractivity contribution in [1.82, 2.24) is 10.2 Å². The predicted molar refractivity (Wildman–Crippen MR) is 64.2 cm³/mol. The first-order valence-electron chi connectivity index (χ1n) is 6.28. The van der Waals surface area contributed by atoms with Gasteiger partial charge in [0.2, 0.25) is 0 Å². The molecule has 3 heteroatoms. The van der Waals surface area contributed by atoms with Crippen LogP contribution in [0.15, 0.2) is 0 Å². The van der Waals surface area contributed by atoms with Crippen LogP contribution in [0, 0.1) is 0 Å². The van der Waals surface area contributed by atoms with Gasteiger partial charge in [-0.25, -0.2) is 0 Å². The molecule has 0 aromatic carbocycles. The van der Waals surface area contributed by atoms with E-state index < -0.39 is 0 Å². The topological polar surface area (TPSA) is 24.5 Å². The molecule has 90 valence electrons. The third-order valence-electron chi connectivity index (χ3n) is 3.25. The summed E-state index contributed by atoms with van der Waals surface area (Å²) in [7, 11) is 1.75. The maximum atomic E-state index is 5.00. The number of likely N-dealkylation sites (tertiary alicyclic amines) is 1. The number of rotatable bonds is 6. The van der Waals surface area contributed by atoms with Gasteiger partial charge >= 0.3 is 0 Å². The second kappa shape index (κ2) is 8.08. The lowest BCUT2D eigenvalue weighted by Gasteiger charge is -2.26. The molecule has 1 atom stereocenters. The van der Waals surface area contributed by atoms with Gasteiger partial charge in [0.25, 0.3) is 0 Å². The lowest BCUT2D eigenvalue weighted by Crippen LogP contribution is -2.38. The van der Waals surface area contributed by atoms with Crippen LogP contribution in [0.1, 0.15) is 32.6 Å². The highest BCUT2D eigenvalue weighted by Gasteiger charge is 2.15. The largest absolute Gasteiger partial charge is 0.383 e. The normalized spacial score (nSPS) is 24.0. The van der Waals surface area contributed by atoms with Crippen LogP contribution in [0.4, 0.5) is 0 Å². The van der Waals surface area contributed by atoms with Crippen molar-refractivity contribution in [3.8, 4) is 0 Å². The van der Waals surface area contributed by atoms with E-state index in [9.17, 15) is 0 Å². The molecule has 1 saturated heterocycles. The van der Waals surface area contributed by atoms with E-state index in [1.54, 1.807) is 7.11 Å². The predicted octanol–water partition coefficient (Wildman–Crippen LogP) is 1.49. The van der Waals surface area contributed by atoms with Crippen LogP contribution in [-0.2, 0) is 4.74 Å². The fourth-order valence-electron chi connectivity index (χ4n) is 2.19. The smallest absolute Gasteiger partial charge is 0.0587 e. The zero-order valence-corrected chi connectivity index (χ0v) is 10.3. The Morgan fingerprint density at radius 1 is 1.27 bits per heavy atom. The first-order chi connectivity index (χ1) is 7.34. The number of nitrogens with zero attached hydrogens (tertiary/aromatic N) is 1. The summed E-state index contributed by atoms with van der Waals surface area (Å²) in [5.41, 5.74) is 0. The maximum absolute atomic E-state index is 5.00. The second-order valence-corrected chi connectivity index (χ2v) is 4.48. The highest BCUT2D eigenvalue weighted by Crippen LogP contribution is 2.15. The molecule has 1 aliphatic rings. The van der Waals surface area contributed by atoms with Crippen molar-refractivity contribution in [3.05, 3.63) is 0 Å². The molecule has 0 aromatic heterocycles. The summed E-state index contributed by atoms with van der Waals surface area (Å²) in [6, 6.07) is 0.775. The molecular weight excluding hydrogens is 188 g/mol. The second-order valence-electron chi connectivity index (χ2n) is 4.48. The lowest BCUT2D eigenvalue weighted by atomic mass is 10.1. The fraction of sp³-hybridized carbons (Fsp3) is 1.00. The van der Waals surface area contributed by atoms with Crippen molar-refractivity contribution >= 4 is 0 Å². The molecule has 1 unspecified atom stereocenters. The summed E-state index contributed by atoms with van der Waals surface area (Å²) in [6.07, 6.45) is 5.58. The quantitative estimate of drug-likeness (QED) is 0.678. The molecule has 0 spiro atoms. The number of ether oxygens (including phenoxy) is 1. The van der Waals surface area contributed by atoms with Crippen LogP contribution in [0.3, 0.4) is 0 Å². The Hall–Kier alpha value is -0.120. The van der Waals surface area contributed by atoms with Crippen LogP contribution >= 0.6 is 0 Å². The van der Waals surface area contributed by atoms with E-state index in [2.05, 4.69) is 17.1 Å². The van der Waals surface area contributed by atoms with Gasteiger partial charge in [-0.2, -0.15) is 0 Å². The maximum Gasteiger partial charge on any atom is 0.0587 e. The zero-order chi connectivity index (χ0) is 10.9. The SMILES string of the molecule is COCCNCCN1CCCCCC1C. The minimum absolute atomic E-state index is 0.775. The summed E-state index contributed by atoms with van der Waals surface area (Å²) in [5.74, 6) is 0. The molecule has 1 heterocycles. The molecule has 0 aliphatic carbocycles. The number of hydrogen-bond acceptors (Lipinski definition) is 3. The monoisotopic (exact) mass is 214 g/mol. The van der Waals surface area contributed by atoms with Gasteiger partial charge < -0.3 is 10.1 Å². The Morgan fingerprint density at radius 3 is 2.93 bits per heavy atom. The summed E-state index contributed by atoms with van der Waals surface area (Å²) in [5, 5.41) is 3.41. The van der Waals surface area contributed by atoms with Crippen molar-refractivity contribution in [2.45, 2.75) is 38.6 Å². The molecule has 0 bridgehead atoms. The average Bonchev–Trinajstić information content (AvgIpc) is 2.44. The minimum Gasteiger partial charge on any atom is -0.383 e. The standard InChI is InChI=1S/C12H26N2O/c1-12-6-4-3-5-9-14(12)10-7-13-8-11-15-2/h12-13H,3-11H2,1-2H3. The van der Waals surface area contributed by atoms with E-state index in [1.165, 1.54) is 38.8 Å². The van der Waals surface area contributed by atoms with E-state index in [1.807, 2.05) is 0 Å². The third kappa shape index (κ3) is 5.50. The molecule has 3 nitrogen and oxygen atoms in total. The third-order valence-corrected chi connectivity index (χ3v) is 3.25. The number of methoxy groups -OCH3 is 1. The van der Waals surface area contributed by atoms with Gasteiger partial charge in [-0.1, -0.05) is 12.8 Å². The average molecular weight is 214 g/mol. The Kier molecular flexibility index (Phi) is 6.98. The van der Waals surface area contributed by atoms with Gasteiger partial charge in [-0.05, 0) is 26.3 Å². The summed E-state index contributed by atoms with van der Waals surface area (Å²) < 4.78 is 5.00. The van der Waals surface area contributed by atoms with Crippen LogP contribution in [0.5, 0.6) is 0 Å². The van der Waals surface area contributed by atoms with Crippen LogP contribution in [0.25, 0.3) is 0 Å². The summed E-state index contributed by atoms with van der Waals surface area (Å²) in [6.45, 7) is 7.71. The first-order valence-corrected chi connectivity index (χ1v) is 6.28. The van der Waals surface area contributed by atoms with Gasteiger partial charge in [0.1, 0.15) is 0 Å². The molecule has 1 aliphatic heterocycles. The Bertz CT molecular complexity index is 153. The van der Waals surface area contributed by atoms with E-state index >= 15 is 0 Å². The van der Waals surface area contributed by atoms with Crippen LogP contribution in [0.2, 0.25) is 0 Å². The van der Waals surface area contributed by atoms with E-state index in [0.29, 0.717) is 0 Å². The van der Waals surface area contributed by atoms with Gasteiger partial charge in [0.05, 0.1) is 6.61 Å². The number of nitrogens with one attached hydrogen (secondary N) is 1. The molecule has 0 amide bonds. The molecule has 0 aromatic rings. The molecule has 0 saturated carbocycles. The fourth-order valence-corrected chi connectivity index (χ4v) is 2.19. The lowest BCUT2D eigenvalue weighted by molar-refractivity contribution is 0.189. The summed E-state index contributed by atoms with van der Waals surface area (Å²) >= 11 is 0. The highest BCUT2D eigenvalue weighted by atomic mass is 16.5. The Morgan fingerprint density at radius 2 is 2.13 bits per heavy atom. The van der Waals surface area contributed by atoms with Crippen LogP contribution in [-0.4, -0.2) is 50.8 Å². The van der Waals surface area contributed by atoms with Crippen molar-refractivity contribution in [2.75, 3.05) is 39.9 Å². The van der Waals surface area contributed by atoms with Crippen molar-refractivity contribution < 1.29 is 4.74 Å². The van der Waals surface area contributed by atoms with Crippen molar-refractivity contribution in [2.24, 2.45) is 0 Å². The van der Waals surface area contributed by atoms with Gasteiger partial charge in [0, 0.05) is 32.8 Å². The summed E-state index contributed by atoms with van der Waals surface area (Å²) in [4.78, 5) is 2.62. The van der Waals surface area contributed by atoms with Gasteiger partial charge in [0.15, 0.2) is 0 Å². The molecular formula is C12H26N2O. The van der Waals surface area contributed by atoms with Crippen molar-refractivity contribution in [1.29, 1.82) is 0 Å².